The molecule has 0 bridgehead atoms. The summed E-state index contributed by atoms with van der Waals surface area (Å²) in [4.78, 5) is 22.4. The van der Waals surface area contributed by atoms with Crippen molar-refractivity contribution in [3.63, 3.8) is 0 Å². The van der Waals surface area contributed by atoms with Crippen LogP contribution in [0.4, 0.5) is 4.39 Å². The first kappa shape index (κ1) is 22.5. The van der Waals surface area contributed by atoms with Crippen LogP contribution in [0.15, 0.2) is 42.5 Å². The molecule has 6 heteroatoms. The molecule has 1 saturated heterocycles. The molecule has 1 fully saturated rings. The van der Waals surface area contributed by atoms with E-state index in [0.717, 1.165) is 42.8 Å². The van der Waals surface area contributed by atoms with E-state index in [1.807, 2.05) is 6.92 Å². The average molecular weight is 437 g/mol. The lowest BCUT2D eigenvalue weighted by Crippen LogP contribution is -2.32. The van der Waals surface area contributed by atoms with Crippen LogP contribution in [0.5, 0.6) is 0 Å². The number of amides is 1. The second-order valence-electron chi connectivity index (χ2n) is 8.72. The number of likely N-dealkylation sites (tertiary alicyclic amines) is 1. The lowest BCUT2D eigenvalue weighted by atomic mass is 10.2. The van der Waals surface area contributed by atoms with Gasteiger partial charge in [0.25, 0.3) is 5.91 Å². The first-order chi connectivity index (χ1) is 15.6. The molecule has 0 unspecified atom stereocenters. The van der Waals surface area contributed by atoms with E-state index in [-0.39, 0.29) is 5.91 Å². The Kier molecular flexibility index (Phi) is 7.20. The molecule has 4 rings (SSSR count). The maximum absolute atomic E-state index is 13.7. The lowest BCUT2D eigenvalue weighted by molar-refractivity contribution is 0.0736. The first-order valence-corrected chi connectivity index (χ1v) is 11.8. The second-order valence-corrected chi connectivity index (χ2v) is 8.72. The molecular weight excluding hydrogens is 403 g/mol. The van der Waals surface area contributed by atoms with E-state index in [9.17, 15) is 9.18 Å². The third kappa shape index (κ3) is 5.01. The van der Waals surface area contributed by atoms with Gasteiger partial charge in [0.1, 0.15) is 11.6 Å². The Labute approximate surface area is 189 Å². The van der Waals surface area contributed by atoms with Gasteiger partial charge >= 0.3 is 0 Å². The van der Waals surface area contributed by atoms with E-state index in [1.165, 1.54) is 43.6 Å². The summed E-state index contributed by atoms with van der Waals surface area (Å²) in [5.41, 5.74) is 3.76. The van der Waals surface area contributed by atoms with Gasteiger partial charge in [-0.05, 0) is 74.7 Å². The number of carbonyl (C=O) groups is 1. The number of fused-ring (bicyclic) bond motifs is 1. The fraction of sp³-hybridized carbons (Fsp3) is 0.462. The van der Waals surface area contributed by atoms with Crippen LogP contribution in [0, 0.1) is 5.82 Å². The molecular formula is C26H33FN4O. The van der Waals surface area contributed by atoms with Crippen molar-refractivity contribution in [1.82, 2.24) is 19.4 Å². The summed E-state index contributed by atoms with van der Waals surface area (Å²) < 4.78 is 15.9. The maximum Gasteiger partial charge on any atom is 0.254 e. The summed E-state index contributed by atoms with van der Waals surface area (Å²) in [6, 6.07) is 12.5. The van der Waals surface area contributed by atoms with Crippen LogP contribution in [-0.4, -0.2) is 44.9 Å². The van der Waals surface area contributed by atoms with Gasteiger partial charge in [-0.25, -0.2) is 9.37 Å². The monoisotopic (exact) mass is 436 g/mol. The molecule has 32 heavy (non-hydrogen) atoms. The molecule has 170 valence electrons. The number of imidazole rings is 1. The molecule has 1 amide bonds. The summed E-state index contributed by atoms with van der Waals surface area (Å²) in [5.74, 6) is 0.339. The SMILES string of the molecule is CCCN(Cc1nc2cc(CN3CCCC3)ccc2n1CCC)C(=O)c1cccc(F)c1. The minimum absolute atomic E-state index is 0.156. The van der Waals surface area contributed by atoms with Crippen molar-refractivity contribution in [2.75, 3.05) is 19.6 Å². The van der Waals surface area contributed by atoms with Crippen LogP contribution >= 0.6 is 0 Å². The Bertz CT molecular complexity index is 1070. The molecule has 3 aromatic rings. The van der Waals surface area contributed by atoms with Crippen LogP contribution in [0.2, 0.25) is 0 Å². The zero-order chi connectivity index (χ0) is 22.5. The van der Waals surface area contributed by atoms with E-state index in [4.69, 9.17) is 4.98 Å². The van der Waals surface area contributed by atoms with Crippen molar-refractivity contribution >= 4 is 16.9 Å². The van der Waals surface area contributed by atoms with Crippen molar-refractivity contribution in [3.05, 3.63) is 65.2 Å². The Hall–Kier alpha value is -2.73. The summed E-state index contributed by atoms with van der Waals surface area (Å²) >= 11 is 0. The number of benzene rings is 2. The molecule has 5 nitrogen and oxygen atoms in total. The van der Waals surface area contributed by atoms with Gasteiger partial charge in [-0.1, -0.05) is 26.0 Å². The zero-order valence-corrected chi connectivity index (χ0v) is 19.2. The van der Waals surface area contributed by atoms with Crippen LogP contribution in [0.25, 0.3) is 11.0 Å². The molecule has 2 aromatic carbocycles. The number of halogens is 1. The summed E-state index contributed by atoms with van der Waals surface area (Å²) in [6.45, 7) is 9.37. The minimum atomic E-state index is -0.393. The highest BCUT2D eigenvalue weighted by molar-refractivity contribution is 5.94. The predicted molar refractivity (Wildman–Crippen MR) is 126 cm³/mol. The largest absolute Gasteiger partial charge is 0.331 e. The number of hydrogen-bond donors (Lipinski definition) is 0. The zero-order valence-electron chi connectivity index (χ0n) is 19.2. The molecule has 0 aliphatic carbocycles. The summed E-state index contributed by atoms with van der Waals surface area (Å²) in [7, 11) is 0. The van der Waals surface area contributed by atoms with Crippen molar-refractivity contribution in [2.24, 2.45) is 0 Å². The van der Waals surface area contributed by atoms with Gasteiger partial charge in [-0.3, -0.25) is 9.69 Å². The molecule has 0 atom stereocenters. The van der Waals surface area contributed by atoms with Crippen LogP contribution < -0.4 is 0 Å². The average Bonchev–Trinajstić information content (AvgIpc) is 3.41. The van der Waals surface area contributed by atoms with Crippen molar-refractivity contribution in [2.45, 2.75) is 59.2 Å². The molecule has 1 aliphatic rings. The normalized spacial score (nSPS) is 14.3. The molecule has 0 radical (unpaired) electrons. The smallest absolute Gasteiger partial charge is 0.254 e. The molecule has 1 aromatic heterocycles. The van der Waals surface area contributed by atoms with Gasteiger partial charge in [0.2, 0.25) is 0 Å². The Morgan fingerprint density at radius 2 is 1.91 bits per heavy atom. The van der Waals surface area contributed by atoms with Gasteiger partial charge < -0.3 is 9.47 Å². The van der Waals surface area contributed by atoms with E-state index in [2.05, 4.69) is 34.6 Å². The highest BCUT2D eigenvalue weighted by atomic mass is 19.1. The van der Waals surface area contributed by atoms with Crippen molar-refractivity contribution in [1.29, 1.82) is 0 Å². The Balaban J connectivity index is 1.62. The number of carbonyl (C=O) groups excluding carboxylic acids is 1. The van der Waals surface area contributed by atoms with Crippen molar-refractivity contribution < 1.29 is 9.18 Å². The number of rotatable bonds is 9. The van der Waals surface area contributed by atoms with E-state index < -0.39 is 5.82 Å². The van der Waals surface area contributed by atoms with Crippen LogP contribution in [0.3, 0.4) is 0 Å². The molecule has 0 saturated carbocycles. The Morgan fingerprint density at radius 1 is 1.09 bits per heavy atom. The van der Waals surface area contributed by atoms with E-state index >= 15 is 0 Å². The summed E-state index contributed by atoms with van der Waals surface area (Å²) in [5, 5.41) is 0. The summed E-state index contributed by atoms with van der Waals surface area (Å²) in [6.07, 6.45) is 4.38. The molecule has 0 spiro atoms. The molecule has 0 N–H and O–H groups in total. The van der Waals surface area contributed by atoms with Gasteiger partial charge in [0.15, 0.2) is 0 Å². The highest BCUT2D eigenvalue weighted by Gasteiger charge is 2.20. The first-order valence-electron chi connectivity index (χ1n) is 11.8. The predicted octanol–water partition coefficient (Wildman–Crippen LogP) is 5.23. The third-order valence-corrected chi connectivity index (χ3v) is 6.13. The van der Waals surface area contributed by atoms with Gasteiger partial charge in [0.05, 0.1) is 17.6 Å². The molecule has 1 aliphatic heterocycles. The fourth-order valence-electron chi connectivity index (χ4n) is 4.61. The van der Waals surface area contributed by atoms with Crippen molar-refractivity contribution in [3.8, 4) is 0 Å². The van der Waals surface area contributed by atoms with Crippen LogP contribution in [0.1, 0.15) is 61.3 Å². The number of nitrogens with zero attached hydrogens (tertiary/aromatic N) is 4. The van der Waals surface area contributed by atoms with Gasteiger partial charge in [0, 0.05) is 25.2 Å². The second kappa shape index (κ2) is 10.3. The maximum atomic E-state index is 13.7. The molecule has 2 heterocycles. The van der Waals surface area contributed by atoms with Gasteiger partial charge in [-0.2, -0.15) is 0 Å². The minimum Gasteiger partial charge on any atom is -0.331 e. The fourth-order valence-corrected chi connectivity index (χ4v) is 4.61. The number of aryl methyl sites for hydroxylation is 1. The number of aromatic nitrogens is 2. The standard InChI is InChI=1S/C26H33FN4O/c1-3-12-30(26(32)21-8-7-9-22(27)17-21)19-25-28-23-16-20(18-29-14-5-6-15-29)10-11-24(23)31(25)13-4-2/h7-11,16-17H,3-6,12-15,18-19H2,1-2H3. The third-order valence-electron chi connectivity index (χ3n) is 6.13. The van der Waals surface area contributed by atoms with Gasteiger partial charge in [-0.15, -0.1) is 0 Å². The van der Waals surface area contributed by atoms with E-state index in [0.29, 0.717) is 18.7 Å². The lowest BCUT2D eigenvalue weighted by Gasteiger charge is -2.22. The number of hydrogen-bond acceptors (Lipinski definition) is 3. The van der Waals surface area contributed by atoms with Crippen LogP contribution in [-0.2, 0) is 19.6 Å². The Morgan fingerprint density at radius 3 is 2.62 bits per heavy atom. The van der Waals surface area contributed by atoms with E-state index in [1.54, 1.807) is 17.0 Å². The highest BCUT2D eigenvalue weighted by Crippen LogP contribution is 2.22. The topological polar surface area (TPSA) is 41.4 Å². The quantitative estimate of drug-likeness (QED) is 0.461.